The third-order valence-corrected chi connectivity index (χ3v) is 3.10. The highest BCUT2D eigenvalue weighted by molar-refractivity contribution is 7.89. The van der Waals surface area contributed by atoms with E-state index in [4.69, 9.17) is 5.73 Å². The molecule has 11 heteroatoms. The van der Waals surface area contributed by atoms with Crippen molar-refractivity contribution >= 4 is 10.0 Å². The van der Waals surface area contributed by atoms with Crippen LogP contribution in [0.15, 0.2) is 11.1 Å². The standard InChI is InChI=1S/C8H8F5N3O2S/c9-7(10)5-4(19(15,17)18)2-16-3(1-14)6(5)8(11,12)13/h2,7H,1,14H2,(H2,15,17,18). The Morgan fingerprint density at radius 2 is 1.84 bits per heavy atom. The van der Waals surface area contributed by atoms with Gasteiger partial charge in [-0.2, -0.15) is 13.2 Å². The molecule has 108 valence electrons. The van der Waals surface area contributed by atoms with E-state index in [0.717, 1.165) is 0 Å². The Bertz CT molecular complexity index is 585. The van der Waals surface area contributed by atoms with Gasteiger partial charge in [0, 0.05) is 12.7 Å². The van der Waals surface area contributed by atoms with Crippen LogP contribution in [0.3, 0.4) is 0 Å². The second-order valence-corrected chi connectivity index (χ2v) is 4.94. The fourth-order valence-corrected chi connectivity index (χ4v) is 2.16. The number of nitrogens with zero attached hydrogens (tertiary/aromatic N) is 1. The van der Waals surface area contributed by atoms with Crippen molar-refractivity contribution in [2.45, 2.75) is 24.0 Å². The molecule has 0 aliphatic rings. The van der Waals surface area contributed by atoms with Crippen molar-refractivity contribution in [3.63, 3.8) is 0 Å². The summed E-state index contributed by atoms with van der Waals surface area (Å²) in [5.74, 6) is 0. The molecular formula is C8H8F5N3O2S. The van der Waals surface area contributed by atoms with Gasteiger partial charge < -0.3 is 5.73 Å². The van der Waals surface area contributed by atoms with E-state index in [9.17, 15) is 30.4 Å². The van der Waals surface area contributed by atoms with Crippen molar-refractivity contribution in [2.75, 3.05) is 0 Å². The van der Waals surface area contributed by atoms with E-state index < -0.39 is 50.9 Å². The van der Waals surface area contributed by atoms with Gasteiger partial charge in [-0.3, -0.25) is 4.98 Å². The lowest BCUT2D eigenvalue weighted by Gasteiger charge is -2.17. The summed E-state index contributed by atoms with van der Waals surface area (Å²) < 4.78 is 85.9. The smallest absolute Gasteiger partial charge is 0.325 e. The maximum absolute atomic E-state index is 12.8. The fraction of sp³-hybridized carbons (Fsp3) is 0.375. The van der Waals surface area contributed by atoms with Crippen LogP contribution in [0.5, 0.6) is 0 Å². The van der Waals surface area contributed by atoms with Gasteiger partial charge in [0.2, 0.25) is 10.0 Å². The minimum absolute atomic E-state index is 0.342. The molecule has 0 radical (unpaired) electrons. The van der Waals surface area contributed by atoms with Gasteiger partial charge in [0.25, 0.3) is 6.43 Å². The van der Waals surface area contributed by atoms with Crippen molar-refractivity contribution in [3.8, 4) is 0 Å². The Hall–Kier alpha value is -1.33. The third-order valence-electron chi connectivity index (χ3n) is 2.16. The summed E-state index contributed by atoms with van der Waals surface area (Å²) in [5.41, 5.74) is 0.513. The molecule has 0 fully saturated rings. The largest absolute Gasteiger partial charge is 0.418 e. The molecule has 0 saturated carbocycles. The molecule has 1 heterocycles. The van der Waals surface area contributed by atoms with Crippen LogP contribution in [0.1, 0.15) is 23.2 Å². The number of alkyl halides is 5. The van der Waals surface area contributed by atoms with Gasteiger partial charge in [-0.15, -0.1) is 0 Å². The number of hydrogen-bond acceptors (Lipinski definition) is 4. The normalized spacial score (nSPS) is 13.1. The summed E-state index contributed by atoms with van der Waals surface area (Å²) in [6.45, 7) is -0.778. The van der Waals surface area contributed by atoms with Gasteiger partial charge in [-0.1, -0.05) is 0 Å². The van der Waals surface area contributed by atoms with Crippen LogP contribution in [0, 0.1) is 0 Å². The SMILES string of the molecule is NCc1ncc(S(N)(=O)=O)c(C(F)F)c1C(F)(F)F. The number of hydrogen-bond donors (Lipinski definition) is 2. The van der Waals surface area contributed by atoms with E-state index in [-0.39, 0.29) is 0 Å². The van der Waals surface area contributed by atoms with Crippen molar-refractivity contribution in [1.82, 2.24) is 4.98 Å². The van der Waals surface area contributed by atoms with Crippen molar-refractivity contribution in [2.24, 2.45) is 10.9 Å². The van der Waals surface area contributed by atoms with Crippen LogP contribution in [-0.4, -0.2) is 13.4 Å². The Morgan fingerprint density at radius 3 is 2.16 bits per heavy atom. The van der Waals surface area contributed by atoms with E-state index in [1.807, 2.05) is 0 Å². The highest BCUT2D eigenvalue weighted by Crippen LogP contribution is 2.40. The number of halogens is 5. The highest BCUT2D eigenvalue weighted by atomic mass is 32.2. The number of nitrogens with two attached hydrogens (primary N) is 2. The first kappa shape index (κ1) is 15.7. The van der Waals surface area contributed by atoms with Gasteiger partial charge in [0.15, 0.2) is 0 Å². The average molecular weight is 305 g/mol. The first-order valence-corrected chi connectivity index (χ1v) is 6.14. The van der Waals surface area contributed by atoms with E-state index >= 15 is 0 Å². The van der Waals surface area contributed by atoms with Crippen LogP contribution in [0.25, 0.3) is 0 Å². The highest BCUT2D eigenvalue weighted by Gasteiger charge is 2.41. The summed E-state index contributed by atoms with van der Waals surface area (Å²) in [6, 6.07) is 0. The van der Waals surface area contributed by atoms with Crippen LogP contribution >= 0.6 is 0 Å². The monoisotopic (exact) mass is 305 g/mol. The summed E-state index contributed by atoms with van der Waals surface area (Å²) in [5, 5.41) is 4.60. The minimum atomic E-state index is -5.23. The lowest BCUT2D eigenvalue weighted by Crippen LogP contribution is -2.23. The summed E-state index contributed by atoms with van der Waals surface area (Å²) >= 11 is 0. The average Bonchev–Trinajstić information content (AvgIpc) is 2.24. The molecule has 0 amide bonds. The number of sulfonamides is 1. The molecule has 0 aromatic carbocycles. The van der Waals surface area contributed by atoms with Gasteiger partial charge in [-0.05, 0) is 0 Å². The molecular weight excluding hydrogens is 297 g/mol. The minimum Gasteiger partial charge on any atom is -0.325 e. The molecule has 1 rings (SSSR count). The van der Waals surface area contributed by atoms with Crippen molar-refractivity contribution in [3.05, 3.63) is 23.0 Å². The summed E-state index contributed by atoms with van der Waals surface area (Å²) in [6.07, 6.45) is -8.58. The predicted molar refractivity (Wildman–Crippen MR) is 53.5 cm³/mol. The second-order valence-electron chi connectivity index (χ2n) is 3.41. The molecule has 0 unspecified atom stereocenters. The van der Waals surface area contributed by atoms with E-state index in [0.29, 0.717) is 6.20 Å². The molecule has 0 spiro atoms. The number of pyridine rings is 1. The molecule has 5 nitrogen and oxygen atoms in total. The third kappa shape index (κ3) is 3.16. The topological polar surface area (TPSA) is 99.1 Å². The summed E-state index contributed by atoms with van der Waals surface area (Å²) in [7, 11) is -4.77. The molecule has 1 aromatic rings. The van der Waals surface area contributed by atoms with Gasteiger partial charge in [-0.25, -0.2) is 22.3 Å². The van der Waals surface area contributed by atoms with Crippen LogP contribution in [0.4, 0.5) is 22.0 Å². The first-order valence-electron chi connectivity index (χ1n) is 4.60. The van der Waals surface area contributed by atoms with E-state index in [1.54, 1.807) is 0 Å². The molecule has 1 aromatic heterocycles. The molecule has 0 atom stereocenters. The van der Waals surface area contributed by atoms with Crippen molar-refractivity contribution < 1.29 is 30.4 Å². The Balaban J connectivity index is 3.85. The molecule has 0 bridgehead atoms. The van der Waals surface area contributed by atoms with Crippen LogP contribution < -0.4 is 10.9 Å². The Kier molecular flexibility index (Phi) is 4.12. The van der Waals surface area contributed by atoms with Gasteiger partial charge in [0.1, 0.15) is 4.90 Å². The second kappa shape index (κ2) is 4.98. The maximum atomic E-state index is 12.8. The zero-order valence-electron chi connectivity index (χ0n) is 9.08. The lowest BCUT2D eigenvalue weighted by molar-refractivity contribution is -0.140. The molecule has 0 aliphatic heterocycles. The zero-order valence-corrected chi connectivity index (χ0v) is 9.89. The van der Waals surface area contributed by atoms with Crippen LogP contribution in [-0.2, 0) is 22.7 Å². The number of aromatic nitrogens is 1. The molecule has 0 saturated heterocycles. The number of rotatable bonds is 3. The predicted octanol–water partition coefficient (Wildman–Crippen LogP) is 1.14. The lowest BCUT2D eigenvalue weighted by atomic mass is 10.1. The quantitative estimate of drug-likeness (QED) is 0.818. The number of primary sulfonamides is 1. The molecule has 4 N–H and O–H groups in total. The molecule has 0 aliphatic carbocycles. The van der Waals surface area contributed by atoms with Crippen molar-refractivity contribution in [1.29, 1.82) is 0 Å². The Morgan fingerprint density at radius 1 is 1.32 bits per heavy atom. The fourth-order valence-electron chi connectivity index (χ4n) is 1.46. The van der Waals surface area contributed by atoms with Gasteiger partial charge in [0.05, 0.1) is 16.8 Å². The summed E-state index contributed by atoms with van der Waals surface area (Å²) in [4.78, 5) is 1.77. The van der Waals surface area contributed by atoms with E-state index in [1.165, 1.54) is 0 Å². The molecule has 19 heavy (non-hydrogen) atoms. The van der Waals surface area contributed by atoms with E-state index in [2.05, 4.69) is 10.1 Å². The Labute approximate surface area is 104 Å². The first-order chi connectivity index (χ1) is 8.50. The van der Waals surface area contributed by atoms with Gasteiger partial charge >= 0.3 is 6.18 Å². The maximum Gasteiger partial charge on any atom is 0.418 e. The zero-order chi connectivity index (χ0) is 15.0. The van der Waals surface area contributed by atoms with Crippen LogP contribution in [0.2, 0.25) is 0 Å².